The third kappa shape index (κ3) is 4.59. The summed E-state index contributed by atoms with van der Waals surface area (Å²) >= 11 is 11.2. The maximum Gasteiger partial charge on any atom is 0.233 e. The second-order valence-corrected chi connectivity index (χ2v) is 8.77. The molecule has 1 aromatic rings. The van der Waals surface area contributed by atoms with Crippen molar-refractivity contribution in [2.75, 3.05) is 11.5 Å². The van der Waals surface area contributed by atoms with Gasteiger partial charge in [-0.3, -0.25) is 0 Å². The van der Waals surface area contributed by atoms with Crippen LogP contribution in [0.25, 0.3) is 0 Å². The zero-order valence-electron chi connectivity index (χ0n) is 8.10. The number of pyridine rings is 1. The summed E-state index contributed by atoms with van der Waals surface area (Å²) in [7, 11) is -2.87. The molecule has 5 nitrogen and oxygen atoms in total. The SMILES string of the molecule is O=S(=O)(Cl)CCS(=O)(=O)c1ncc(Cl)cc1Cl. The molecule has 17 heavy (non-hydrogen) atoms. The van der Waals surface area contributed by atoms with E-state index >= 15 is 0 Å². The lowest BCUT2D eigenvalue weighted by molar-refractivity contribution is 0.589. The van der Waals surface area contributed by atoms with Crippen LogP contribution in [0.3, 0.4) is 0 Å². The molecule has 0 N–H and O–H groups in total. The predicted octanol–water partition coefficient (Wildman–Crippen LogP) is 1.73. The molecule has 0 amide bonds. The highest BCUT2D eigenvalue weighted by atomic mass is 35.7. The molecule has 10 heteroatoms. The number of hydrogen-bond donors (Lipinski definition) is 0. The van der Waals surface area contributed by atoms with E-state index in [1.807, 2.05) is 0 Å². The second kappa shape index (κ2) is 5.27. The molecule has 1 rings (SSSR count). The molecule has 0 spiro atoms. The summed E-state index contributed by atoms with van der Waals surface area (Å²) in [6.45, 7) is 0. The number of hydrogen-bond acceptors (Lipinski definition) is 5. The van der Waals surface area contributed by atoms with Gasteiger partial charge in [0.2, 0.25) is 9.05 Å². The monoisotopic (exact) mass is 337 g/mol. The molecule has 0 saturated heterocycles. The summed E-state index contributed by atoms with van der Waals surface area (Å²) in [5, 5.41) is -0.396. The summed E-state index contributed by atoms with van der Waals surface area (Å²) in [6.07, 6.45) is 1.11. The molecular weight excluding hydrogens is 333 g/mol. The molecule has 0 aliphatic heterocycles. The van der Waals surface area contributed by atoms with E-state index in [9.17, 15) is 16.8 Å². The third-order valence-corrected chi connectivity index (χ3v) is 5.34. The molecule has 0 radical (unpaired) electrons. The lowest BCUT2D eigenvalue weighted by atomic mass is 10.5. The Balaban J connectivity index is 3.06. The average molecular weight is 339 g/mol. The highest BCUT2D eigenvalue weighted by Gasteiger charge is 2.22. The Labute approximate surface area is 113 Å². The molecule has 0 atom stereocenters. The van der Waals surface area contributed by atoms with E-state index < -0.39 is 35.4 Å². The van der Waals surface area contributed by atoms with Gasteiger partial charge in [-0.2, -0.15) is 0 Å². The molecule has 0 bridgehead atoms. The van der Waals surface area contributed by atoms with Crippen molar-refractivity contribution in [1.29, 1.82) is 0 Å². The number of nitrogens with zero attached hydrogens (tertiary/aromatic N) is 1. The van der Waals surface area contributed by atoms with Crippen molar-refractivity contribution in [3.8, 4) is 0 Å². The summed E-state index contributed by atoms with van der Waals surface area (Å²) in [5.74, 6) is -1.40. The van der Waals surface area contributed by atoms with Gasteiger partial charge in [-0.25, -0.2) is 21.8 Å². The molecule has 0 aromatic carbocycles. The van der Waals surface area contributed by atoms with Gasteiger partial charge in [-0.1, -0.05) is 23.2 Å². The van der Waals surface area contributed by atoms with Crippen molar-refractivity contribution >= 4 is 52.8 Å². The molecule has 0 fully saturated rings. The smallest absolute Gasteiger partial charge is 0.233 e. The van der Waals surface area contributed by atoms with Gasteiger partial charge in [0, 0.05) is 16.9 Å². The fourth-order valence-electron chi connectivity index (χ4n) is 0.937. The molecule has 0 aliphatic carbocycles. The zero-order valence-corrected chi connectivity index (χ0v) is 12.0. The van der Waals surface area contributed by atoms with E-state index in [1.165, 1.54) is 6.07 Å². The predicted molar refractivity (Wildman–Crippen MR) is 65.9 cm³/mol. The van der Waals surface area contributed by atoms with Crippen LogP contribution in [0.4, 0.5) is 0 Å². The minimum atomic E-state index is -3.91. The van der Waals surface area contributed by atoms with Crippen LogP contribution >= 0.6 is 33.9 Å². The van der Waals surface area contributed by atoms with Crippen molar-refractivity contribution in [2.24, 2.45) is 0 Å². The first-order valence-electron chi connectivity index (χ1n) is 4.08. The second-order valence-electron chi connectivity index (χ2n) is 3.00. The van der Waals surface area contributed by atoms with E-state index in [0.29, 0.717) is 0 Å². The maximum atomic E-state index is 11.7. The first kappa shape index (κ1) is 15.0. The Hall–Kier alpha value is -0.0800. The standard InChI is InChI=1S/C7H6Cl3NO4S2/c8-5-3-6(9)7(11-4-5)16(12,13)1-2-17(10,14)15/h3-4H,1-2H2. The normalized spacial score (nSPS) is 12.6. The van der Waals surface area contributed by atoms with E-state index in [-0.39, 0.29) is 10.0 Å². The quantitative estimate of drug-likeness (QED) is 0.781. The van der Waals surface area contributed by atoms with Crippen molar-refractivity contribution in [2.45, 2.75) is 5.03 Å². The topological polar surface area (TPSA) is 81.2 Å². The largest absolute Gasteiger partial charge is 0.242 e. The number of rotatable bonds is 4. The fraction of sp³-hybridized carbons (Fsp3) is 0.286. The van der Waals surface area contributed by atoms with Crippen LogP contribution in [0.5, 0.6) is 0 Å². The van der Waals surface area contributed by atoms with E-state index in [4.69, 9.17) is 33.9 Å². The number of halogens is 3. The fourth-order valence-corrected chi connectivity index (χ4v) is 4.67. The van der Waals surface area contributed by atoms with Crippen LogP contribution in [-0.4, -0.2) is 33.3 Å². The molecule has 0 saturated carbocycles. The van der Waals surface area contributed by atoms with Gasteiger partial charge in [0.05, 0.1) is 21.6 Å². The van der Waals surface area contributed by atoms with Crippen LogP contribution in [-0.2, 0) is 18.9 Å². The van der Waals surface area contributed by atoms with Crippen LogP contribution in [0.15, 0.2) is 17.3 Å². The first-order valence-corrected chi connectivity index (χ1v) is 8.96. The lowest BCUT2D eigenvalue weighted by Gasteiger charge is -2.04. The van der Waals surface area contributed by atoms with E-state index in [1.54, 1.807) is 0 Å². The summed E-state index contributed by atoms with van der Waals surface area (Å²) in [6, 6.07) is 1.21. The number of aromatic nitrogens is 1. The molecule has 0 unspecified atom stereocenters. The van der Waals surface area contributed by atoms with Gasteiger partial charge in [0.15, 0.2) is 14.9 Å². The van der Waals surface area contributed by atoms with Crippen molar-refractivity contribution in [3.05, 3.63) is 22.3 Å². The Morgan fingerprint density at radius 3 is 2.18 bits per heavy atom. The Bertz CT molecular complexity index is 627. The van der Waals surface area contributed by atoms with Gasteiger partial charge in [0.25, 0.3) is 0 Å². The van der Waals surface area contributed by atoms with Gasteiger partial charge >= 0.3 is 0 Å². The van der Waals surface area contributed by atoms with E-state index in [0.717, 1.165) is 6.20 Å². The molecule has 96 valence electrons. The number of sulfone groups is 1. The van der Waals surface area contributed by atoms with Gasteiger partial charge in [-0.15, -0.1) is 0 Å². The Kier molecular flexibility index (Phi) is 4.65. The van der Waals surface area contributed by atoms with E-state index in [2.05, 4.69) is 4.98 Å². The van der Waals surface area contributed by atoms with Gasteiger partial charge in [0.1, 0.15) is 0 Å². The zero-order chi connectivity index (χ0) is 13.3. The summed E-state index contributed by atoms with van der Waals surface area (Å²) in [5.41, 5.74) is 0. The van der Waals surface area contributed by atoms with Crippen molar-refractivity contribution in [3.63, 3.8) is 0 Å². The molecule has 1 heterocycles. The molecule has 1 aromatic heterocycles. The maximum absolute atomic E-state index is 11.7. The molecule has 0 aliphatic rings. The molecular formula is C7H6Cl3NO4S2. The lowest BCUT2D eigenvalue weighted by Crippen LogP contribution is -2.15. The highest BCUT2D eigenvalue weighted by molar-refractivity contribution is 8.14. The van der Waals surface area contributed by atoms with Gasteiger partial charge < -0.3 is 0 Å². The van der Waals surface area contributed by atoms with Crippen LogP contribution in [0.2, 0.25) is 10.0 Å². The minimum Gasteiger partial charge on any atom is -0.242 e. The first-order chi connectivity index (χ1) is 7.62. The van der Waals surface area contributed by atoms with Crippen LogP contribution in [0, 0.1) is 0 Å². The summed E-state index contributed by atoms with van der Waals surface area (Å²) in [4.78, 5) is 3.56. The van der Waals surface area contributed by atoms with Crippen molar-refractivity contribution in [1.82, 2.24) is 4.98 Å². The average Bonchev–Trinajstić information content (AvgIpc) is 2.13. The van der Waals surface area contributed by atoms with Crippen molar-refractivity contribution < 1.29 is 16.8 Å². The Morgan fingerprint density at radius 1 is 1.12 bits per heavy atom. The van der Waals surface area contributed by atoms with Crippen LogP contribution < -0.4 is 0 Å². The third-order valence-electron chi connectivity index (χ3n) is 1.66. The summed E-state index contributed by atoms with van der Waals surface area (Å²) < 4.78 is 44.7. The van der Waals surface area contributed by atoms with Crippen LogP contribution in [0.1, 0.15) is 0 Å². The Morgan fingerprint density at radius 2 is 1.71 bits per heavy atom. The highest BCUT2D eigenvalue weighted by Crippen LogP contribution is 2.23. The van der Waals surface area contributed by atoms with Gasteiger partial charge in [-0.05, 0) is 6.07 Å². The minimum absolute atomic E-state index is 0.163.